The molecule has 5 heteroatoms. The van der Waals surface area contributed by atoms with Crippen molar-refractivity contribution < 1.29 is 8.42 Å². The van der Waals surface area contributed by atoms with Crippen LogP contribution in [0.4, 0.5) is 0 Å². The topological polar surface area (TPSA) is 49.4 Å². The van der Waals surface area contributed by atoms with Crippen molar-refractivity contribution in [2.75, 3.05) is 0 Å². The van der Waals surface area contributed by atoms with Gasteiger partial charge in [0.05, 0.1) is 4.90 Å². The van der Waals surface area contributed by atoms with Gasteiger partial charge in [-0.3, -0.25) is 5.43 Å². The normalized spacial score (nSPS) is 14.9. The minimum Gasteiger partial charge on any atom is -0.292 e. The summed E-state index contributed by atoms with van der Waals surface area (Å²) < 4.78 is 25.2. The molecule has 0 atom stereocenters. The predicted molar refractivity (Wildman–Crippen MR) is 61.6 cm³/mol. The maximum absolute atomic E-state index is 12.1. The fourth-order valence-corrected chi connectivity index (χ4v) is 2.45. The van der Waals surface area contributed by atoms with Crippen molar-refractivity contribution in [2.24, 2.45) is 0 Å². The largest absolute Gasteiger partial charge is 0.292 e. The minimum atomic E-state index is -3.49. The van der Waals surface area contributed by atoms with Gasteiger partial charge in [0.15, 0.2) is 0 Å². The molecule has 1 N–H and O–H groups in total. The zero-order chi connectivity index (χ0) is 11.6. The molecule has 0 radical (unpaired) electrons. The van der Waals surface area contributed by atoms with Gasteiger partial charge in [-0.05, 0) is 31.2 Å². The summed E-state index contributed by atoms with van der Waals surface area (Å²) in [5.41, 5.74) is 3.68. The van der Waals surface area contributed by atoms with E-state index in [1.54, 1.807) is 42.6 Å². The maximum Gasteiger partial charge on any atom is 0.281 e. The summed E-state index contributed by atoms with van der Waals surface area (Å²) in [6.07, 6.45) is 6.41. The first-order valence-electron chi connectivity index (χ1n) is 4.81. The summed E-state index contributed by atoms with van der Waals surface area (Å²) in [5.74, 6) is 0. The van der Waals surface area contributed by atoms with Crippen LogP contribution in [-0.4, -0.2) is 12.8 Å². The summed E-state index contributed by atoms with van der Waals surface area (Å²) in [4.78, 5) is 0.269. The molecule has 0 bridgehead atoms. The summed E-state index contributed by atoms with van der Waals surface area (Å²) in [6.45, 7) is 1.91. The Hall–Kier alpha value is -1.75. The van der Waals surface area contributed by atoms with Crippen LogP contribution in [0.25, 0.3) is 0 Å². The fourth-order valence-electron chi connectivity index (χ4n) is 1.32. The van der Waals surface area contributed by atoms with E-state index < -0.39 is 10.0 Å². The van der Waals surface area contributed by atoms with E-state index in [-0.39, 0.29) is 4.90 Å². The Bertz CT molecular complexity index is 530. The van der Waals surface area contributed by atoms with Crippen LogP contribution in [0.2, 0.25) is 0 Å². The molecule has 0 unspecified atom stereocenters. The number of sulfonamides is 1. The summed E-state index contributed by atoms with van der Waals surface area (Å²) in [5, 5.41) is 0. The summed E-state index contributed by atoms with van der Waals surface area (Å²) in [6, 6.07) is 6.74. The number of nitrogens with zero attached hydrogens (tertiary/aromatic N) is 1. The van der Waals surface area contributed by atoms with Crippen LogP contribution in [-0.2, 0) is 10.0 Å². The van der Waals surface area contributed by atoms with E-state index >= 15 is 0 Å². The Morgan fingerprint density at radius 2 is 1.81 bits per heavy atom. The molecule has 0 spiro atoms. The van der Waals surface area contributed by atoms with Crippen molar-refractivity contribution in [3.63, 3.8) is 0 Å². The van der Waals surface area contributed by atoms with Crippen molar-refractivity contribution in [1.82, 2.24) is 9.84 Å². The second-order valence-electron chi connectivity index (χ2n) is 3.44. The number of hydrogen-bond acceptors (Lipinski definition) is 3. The van der Waals surface area contributed by atoms with E-state index in [1.807, 2.05) is 6.92 Å². The van der Waals surface area contributed by atoms with Crippen molar-refractivity contribution in [1.29, 1.82) is 0 Å². The second-order valence-corrected chi connectivity index (χ2v) is 5.26. The highest BCUT2D eigenvalue weighted by atomic mass is 32.2. The van der Waals surface area contributed by atoms with Crippen molar-refractivity contribution in [2.45, 2.75) is 11.8 Å². The number of hydrogen-bond donors (Lipinski definition) is 1. The van der Waals surface area contributed by atoms with Crippen molar-refractivity contribution in [3.05, 3.63) is 54.4 Å². The lowest BCUT2D eigenvalue weighted by Crippen LogP contribution is -2.36. The molecule has 0 aliphatic carbocycles. The predicted octanol–water partition coefficient (Wildman–Crippen LogP) is 1.53. The molecule has 2 rings (SSSR count). The van der Waals surface area contributed by atoms with E-state index in [0.29, 0.717) is 0 Å². The molecule has 1 aliphatic rings. The molecule has 84 valence electrons. The molecule has 0 fully saturated rings. The number of allylic oxidation sites excluding steroid dienone is 2. The Morgan fingerprint density at radius 3 is 2.38 bits per heavy atom. The molecule has 0 saturated carbocycles. The molecular formula is C11H12N2O2S. The van der Waals surface area contributed by atoms with E-state index in [1.165, 1.54) is 6.20 Å². The van der Waals surface area contributed by atoms with Crippen LogP contribution < -0.4 is 5.43 Å². The molecule has 1 aromatic rings. The first-order chi connectivity index (χ1) is 7.60. The quantitative estimate of drug-likeness (QED) is 0.847. The van der Waals surface area contributed by atoms with Gasteiger partial charge in [-0.25, -0.2) is 0 Å². The van der Waals surface area contributed by atoms with Gasteiger partial charge in [-0.15, -0.1) is 0 Å². The van der Waals surface area contributed by atoms with Gasteiger partial charge in [0.25, 0.3) is 10.0 Å². The number of rotatable bonds is 2. The zero-order valence-corrected chi connectivity index (χ0v) is 9.61. The highest BCUT2D eigenvalue weighted by Gasteiger charge is 2.21. The van der Waals surface area contributed by atoms with Gasteiger partial charge in [-0.2, -0.15) is 12.8 Å². The van der Waals surface area contributed by atoms with E-state index in [9.17, 15) is 8.42 Å². The average Bonchev–Trinajstić information content (AvgIpc) is 2.31. The Labute approximate surface area is 94.9 Å². The SMILES string of the molecule is Cc1ccc(S(=O)(=O)N2C=CC=CN2)cc1. The summed E-state index contributed by atoms with van der Waals surface area (Å²) >= 11 is 0. The van der Waals surface area contributed by atoms with Crippen LogP contribution in [0.1, 0.15) is 5.56 Å². The molecule has 1 heterocycles. The lowest BCUT2D eigenvalue weighted by molar-refractivity contribution is 0.451. The van der Waals surface area contributed by atoms with Gasteiger partial charge < -0.3 is 0 Å². The molecule has 0 amide bonds. The van der Waals surface area contributed by atoms with E-state index in [0.717, 1.165) is 9.98 Å². The fraction of sp³-hybridized carbons (Fsp3) is 0.0909. The highest BCUT2D eigenvalue weighted by molar-refractivity contribution is 7.89. The van der Waals surface area contributed by atoms with Crippen molar-refractivity contribution >= 4 is 10.0 Å². The Kier molecular flexibility index (Phi) is 2.70. The summed E-state index contributed by atoms with van der Waals surface area (Å²) in [7, 11) is -3.49. The van der Waals surface area contributed by atoms with Crippen LogP contribution in [0, 0.1) is 6.92 Å². The Balaban J connectivity index is 2.35. The van der Waals surface area contributed by atoms with Crippen LogP contribution in [0.5, 0.6) is 0 Å². The van der Waals surface area contributed by atoms with Crippen LogP contribution in [0.3, 0.4) is 0 Å². The molecule has 16 heavy (non-hydrogen) atoms. The molecule has 4 nitrogen and oxygen atoms in total. The van der Waals surface area contributed by atoms with Crippen LogP contribution >= 0.6 is 0 Å². The molecule has 0 aromatic heterocycles. The van der Waals surface area contributed by atoms with Crippen LogP contribution in [0.15, 0.2) is 53.7 Å². The van der Waals surface area contributed by atoms with E-state index in [4.69, 9.17) is 0 Å². The number of nitrogens with one attached hydrogen (secondary N) is 1. The van der Waals surface area contributed by atoms with Gasteiger partial charge >= 0.3 is 0 Å². The third-order valence-corrected chi connectivity index (χ3v) is 3.82. The van der Waals surface area contributed by atoms with Gasteiger partial charge in [0.2, 0.25) is 0 Å². The lowest BCUT2D eigenvalue weighted by atomic mass is 10.2. The minimum absolute atomic E-state index is 0.269. The third kappa shape index (κ3) is 1.94. The van der Waals surface area contributed by atoms with Gasteiger partial charge in [0.1, 0.15) is 0 Å². The van der Waals surface area contributed by atoms with Gasteiger partial charge in [-0.1, -0.05) is 17.7 Å². The number of hydrazine groups is 1. The number of aryl methyl sites for hydroxylation is 1. The lowest BCUT2D eigenvalue weighted by Gasteiger charge is -2.21. The monoisotopic (exact) mass is 236 g/mol. The molecule has 1 aromatic carbocycles. The first-order valence-corrected chi connectivity index (χ1v) is 6.25. The zero-order valence-electron chi connectivity index (χ0n) is 8.79. The smallest absolute Gasteiger partial charge is 0.281 e. The standard InChI is InChI=1S/C11H12N2O2S/c1-10-4-6-11(7-5-10)16(14,15)13-9-3-2-8-12-13/h2-9,12H,1H3. The highest BCUT2D eigenvalue weighted by Crippen LogP contribution is 2.15. The maximum atomic E-state index is 12.1. The van der Waals surface area contributed by atoms with E-state index in [2.05, 4.69) is 5.43 Å². The van der Waals surface area contributed by atoms with Crippen molar-refractivity contribution in [3.8, 4) is 0 Å². The second kappa shape index (κ2) is 4.02. The molecule has 0 saturated heterocycles. The molecule has 1 aliphatic heterocycles. The third-order valence-electron chi connectivity index (χ3n) is 2.21. The Morgan fingerprint density at radius 1 is 1.12 bits per heavy atom. The van der Waals surface area contributed by atoms with Gasteiger partial charge in [0, 0.05) is 12.4 Å². The number of benzene rings is 1. The molecular weight excluding hydrogens is 224 g/mol. The average molecular weight is 236 g/mol. The first kappa shape index (κ1) is 10.8.